The van der Waals surface area contributed by atoms with Crippen molar-refractivity contribution in [2.75, 3.05) is 0 Å². The maximum absolute atomic E-state index is 2.32. The van der Waals surface area contributed by atoms with Crippen LogP contribution in [0.15, 0.2) is 42.5 Å². The Morgan fingerprint density at radius 3 is 2.67 bits per heavy atom. The third kappa shape index (κ3) is 1.42. The Kier molecular flexibility index (Phi) is 1.99. The first-order chi connectivity index (χ1) is 5.92. The van der Waals surface area contributed by atoms with Crippen LogP contribution in [-0.4, -0.2) is 0 Å². The molecule has 12 heavy (non-hydrogen) atoms. The van der Waals surface area contributed by atoms with Gasteiger partial charge in [-0.2, -0.15) is 0 Å². The van der Waals surface area contributed by atoms with Gasteiger partial charge >= 0.3 is 0 Å². The molecule has 0 heteroatoms. The van der Waals surface area contributed by atoms with Crippen molar-refractivity contribution < 1.29 is 0 Å². The number of hydrogen-bond donors (Lipinski definition) is 0. The highest BCUT2D eigenvalue weighted by atomic mass is 14.4. The van der Waals surface area contributed by atoms with Gasteiger partial charge in [0.25, 0.3) is 0 Å². The average Bonchev–Trinajstić information content (AvgIpc) is 2.87. The summed E-state index contributed by atoms with van der Waals surface area (Å²) >= 11 is 0. The summed E-state index contributed by atoms with van der Waals surface area (Å²) in [5.74, 6) is 1.62. The van der Waals surface area contributed by atoms with Crippen LogP contribution in [0.4, 0.5) is 0 Å². The van der Waals surface area contributed by atoms with Gasteiger partial charge in [-0.3, -0.25) is 0 Å². The third-order valence-electron chi connectivity index (χ3n) is 2.51. The van der Waals surface area contributed by atoms with E-state index in [4.69, 9.17) is 0 Å². The van der Waals surface area contributed by atoms with E-state index in [1.54, 1.807) is 0 Å². The number of rotatable bonds is 2. The van der Waals surface area contributed by atoms with Crippen molar-refractivity contribution in [3.8, 4) is 0 Å². The SMILES string of the molecule is C/C=C/C1CC1c1ccccc1. The molecule has 1 aliphatic rings. The van der Waals surface area contributed by atoms with Crippen molar-refractivity contribution in [2.45, 2.75) is 19.3 Å². The van der Waals surface area contributed by atoms with Crippen LogP contribution in [0, 0.1) is 5.92 Å². The molecule has 0 bridgehead atoms. The average molecular weight is 158 g/mol. The zero-order valence-corrected chi connectivity index (χ0v) is 7.40. The highest BCUT2D eigenvalue weighted by molar-refractivity contribution is 5.27. The molecular weight excluding hydrogens is 144 g/mol. The van der Waals surface area contributed by atoms with Gasteiger partial charge in [-0.05, 0) is 30.7 Å². The standard InChI is InChI=1S/C12H14/c1-2-6-11-9-12(11)10-7-4-3-5-8-10/h2-8,11-12H,9H2,1H3/b6-2+. The van der Waals surface area contributed by atoms with E-state index in [0.717, 1.165) is 11.8 Å². The quantitative estimate of drug-likeness (QED) is 0.579. The van der Waals surface area contributed by atoms with E-state index in [1.165, 1.54) is 12.0 Å². The minimum absolute atomic E-state index is 0.808. The van der Waals surface area contributed by atoms with E-state index < -0.39 is 0 Å². The van der Waals surface area contributed by atoms with Gasteiger partial charge in [-0.25, -0.2) is 0 Å². The predicted octanol–water partition coefficient (Wildman–Crippen LogP) is 3.37. The summed E-state index contributed by atoms with van der Waals surface area (Å²) in [7, 11) is 0. The van der Waals surface area contributed by atoms with Crippen molar-refractivity contribution in [1.29, 1.82) is 0 Å². The van der Waals surface area contributed by atoms with E-state index in [2.05, 4.69) is 49.4 Å². The van der Waals surface area contributed by atoms with Crippen LogP contribution in [0.2, 0.25) is 0 Å². The molecule has 0 aliphatic heterocycles. The van der Waals surface area contributed by atoms with E-state index in [9.17, 15) is 0 Å². The fourth-order valence-corrected chi connectivity index (χ4v) is 1.76. The van der Waals surface area contributed by atoms with Crippen molar-refractivity contribution in [1.82, 2.24) is 0 Å². The van der Waals surface area contributed by atoms with Crippen LogP contribution in [0.5, 0.6) is 0 Å². The van der Waals surface area contributed by atoms with Gasteiger partial charge in [0, 0.05) is 0 Å². The van der Waals surface area contributed by atoms with Crippen LogP contribution in [0.3, 0.4) is 0 Å². The lowest BCUT2D eigenvalue weighted by atomic mass is 10.1. The van der Waals surface area contributed by atoms with Crippen LogP contribution in [0.1, 0.15) is 24.8 Å². The van der Waals surface area contributed by atoms with Gasteiger partial charge in [0.15, 0.2) is 0 Å². The van der Waals surface area contributed by atoms with Gasteiger partial charge in [0.05, 0.1) is 0 Å². The van der Waals surface area contributed by atoms with Crippen molar-refractivity contribution in [3.05, 3.63) is 48.0 Å². The zero-order chi connectivity index (χ0) is 8.39. The minimum Gasteiger partial charge on any atom is -0.0914 e. The van der Waals surface area contributed by atoms with Crippen LogP contribution < -0.4 is 0 Å². The van der Waals surface area contributed by atoms with E-state index in [0.29, 0.717) is 0 Å². The van der Waals surface area contributed by atoms with Gasteiger partial charge in [-0.15, -0.1) is 0 Å². The Hall–Kier alpha value is -1.04. The first kappa shape index (κ1) is 7.60. The predicted molar refractivity (Wildman–Crippen MR) is 52.1 cm³/mol. The molecule has 0 N–H and O–H groups in total. The molecule has 0 heterocycles. The fourth-order valence-electron chi connectivity index (χ4n) is 1.76. The topological polar surface area (TPSA) is 0 Å². The molecule has 1 aromatic rings. The minimum atomic E-state index is 0.808. The Morgan fingerprint density at radius 2 is 2.00 bits per heavy atom. The Bertz CT molecular complexity index is 271. The molecular formula is C12H14. The molecule has 0 radical (unpaired) electrons. The van der Waals surface area contributed by atoms with Crippen molar-refractivity contribution in [2.24, 2.45) is 5.92 Å². The fraction of sp³-hybridized carbons (Fsp3) is 0.333. The molecule has 2 unspecified atom stereocenters. The molecule has 1 saturated carbocycles. The largest absolute Gasteiger partial charge is 0.0914 e. The maximum atomic E-state index is 2.32. The second-order valence-electron chi connectivity index (χ2n) is 3.44. The molecule has 0 saturated heterocycles. The van der Waals surface area contributed by atoms with Gasteiger partial charge in [-0.1, -0.05) is 42.5 Å². The lowest BCUT2D eigenvalue weighted by Crippen LogP contribution is -1.78. The summed E-state index contributed by atoms with van der Waals surface area (Å²) in [6.45, 7) is 2.10. The summed E-state index contributed by atoms with van der Waals surface area (Å²) in [6, 6.07) is 10.8. The highest BCUT2D eigenvalue weighted by Gasteiger charge is 2.35. The van der Waals surface area contributed by atoms with Crippen LogP contribution in [0.25, 0.3) is 0 Å². The molecule has 0 spiro atoms. The van der Waals surface area contributed by atoms with Crippen molar-refractivity contribution >= 4 is 0 Å². The van der Waals surface area contributed by atoms with Crippen LogP contribution in [-0.2, 0) is 0 Å². The monoisotopic (exact) mass is 158 g/mol. The second kappa shape index (κ2) is 3.14. The summed E-state index contributed by atoms with van der Waals surface area (Å²) in [5, 5.41) is 0. The Balaban J connectivity index is 2.06. The number of allylic oxidation sites excluding steroid dienone is 2. The summed E-state index contributed by atoms with van der Waals surface area (Å²) in [4.78, 5) is 0. The molecule has 0 aromatic heterocycles. The zero-order valence-electron chi connectivity index (χ0n) is 7.40. The summed E-state index contributed by atoms with van der Waals surface area (Å²) < 4.78 is 0. The van der Waals surface area contributed by atoms with E-state index in [1.807, 2.05) is 0 Å². The van der Waals surface area contributed by atoms with Gasteiger partial charge < -0.3 is 0 Å². The molecule has 62 valence electrons. The highest BCUT2D eigenvalue weighted by Crippen LogP contribution is 2.48. The lowest BCUT2D eigenvalue weighted by Gasteiger charge is -1.95. The van der Waals surface area contributed by atoms with Gasteiger partial charge in [0.1, 0.15) is 0 Å². The maximum Gasteiger partial charge on any atom is -0.00930 e. The molecule has 0 amide bonds. The molecule has 2 rings (SSSR count). The Morgan fingerprint density at radius 1 is 1.25 bits per heavy atom. The van der Waals surface area contributed by atoms with Crippen LogP contribution >= 0.6 is 0 Å². The molecule has 1 fully saturated rings. The second-order valence-corrected chi connectivity index (χ2v) is 3.44. The first-order valence-electron chi connectivity index (χ1n) is 4.59. The molecule has 1 aromatic carbocycles. The number of hydrogen-bond acceptors (Lipinski definition) is 0. The summed E-state index contributed by atoms with van der Waals surface area (Å²) in [5.41, 5.74) is 1.50. The lowest BCUT2D eigenvalue weighted by molar-refractivity contribution is 1.01. The molecule has 0 nitrogen and oxygen atoms in total. The first-order valence-corrected chi connectivity index (χ1v) is 4.59. The normalized spacial score (nSPS) is 27.8. The third-order valence-corrected chi connectivity index (χ3v) is 2.51. The summed E-state index contributed by atoms with van der Waals surface area (Å²) in [6.07, 6.45) is 5.82. The van der Waals surface area contributed by atoms with Crippen molar-refractivity contribution in [3.63, 3.8) is 0 Å². The molecule has 2 atom stereocenters. The smallest absolute Gasteiger partial charge is 0.00930 e. The Labute approximate surface area is 73.9 Å². The van der Waals surface area contributed by atoms with E-state index in [-0.39, 0.29) is 0 Å². The van der Waals surface area contributed by atoms with Gasteiger partial charge in [0.2, 0.25) is 0 Å². The molecule has 1 aliphatic carbocycles. The number of benzene rings is 1. The van der Waals surface area contributed by atoms with E-state index >= 15 is 0 Å².